The molecule has 1 aliphatic rings. The summed E-state index contributed by atoms with van der Waals surface area (Å²) in [5.41, 5.74) is 7.04. The lowest BCUT2D eigenvalue weighted by atomic mass is 9.93. The molecule has 0 saturated heterocycles. The lowest BCUT2D eigenvalue weighted by molar-refractivity contribution is 0.668. The fourth-order valence-electron chi connectivity index (χ4n) is 5.86. The Bertz CT molecular complexity index is 2120. The molecule has 8 rings (SSSR count). The summed E-state index contributed by atoms with van der Waals surface area (Å²) in [6.07, 6.45) is -0.273. The Hall–Kier alpha value is -5.48. The van der Waals surface area contributed by atoms with Gasteiger partial charge in [0.05, 0.1) is 0 Å². The third kappa shape index (κ3) is 4.00. The van der Waals surface area contributed by atoms with Gasteiger partial charge in [0, 0.05) is 21.9 Å². The molecule has 1 N–H and O–H groups in total. The summed E-state index contributed by atoms with van der Waals surface area (Å²) in [4.78, 5) is 10.1. The summed E-state index contributed by atoms with van der Waals surface area (Å²) < 4.78 is 6.47. The van der Waals surface area contributed by atoms with E-state index >= 15 is 0 Å². The molecule has 1 aromatic heterocycles. The molecular weight excluding hydrogens is 502 g/mol. The number of rotatable bonds is 4. The molecule has 1 atom stereocenters. The highest BCUT2D eigenvalue weighted by Gasteiger charge is 2.24. The van der Waals surface area contributed by atoms with Gasteiger partial charge in [0.1, 0.15) is 23.2 Å². The highest BCUT2D eigenvalue weighted by molar-refractivity contribution is 6.24. The Morgan fingerprint density at radius 2 is 1.15 bits per heavy atom. The van der Waals surface area contributed by atoms with Crippen LogP contribution in [0.25, 0.3) is 43.8 Å². The first-order valence-corrected chi connectivity index (χ1v) is 13.8. The number of aliphatic imine (C=N–C) groups is 2. The predicted octanol–water partition coefficient (Wildman–Crippen LogP) is 8.90. The fraction of sp³-hybridized carbons (Fsp3) is 0.0270. The average Bonchev–Trinajstić information content (AvgIpc) is 3.44. The lowest BCUT2D eigenvalue weighted by Crippen LogP contribution is -2.33. The van der Waals surface area contributed by atoms with Gasteiger partial charge in [-0.15, -0.1) is 0 Å². The van der Waals surface area contributed by atoms with Crippen molar-refractivity contribution in [1.29, 1.82) is 0 Å². The predicted molar refractivity (Wildman–Crippen MR) is 168 cm³/mol. The standard InChI is InChI=1S/C37H25N3O/c1-3-13-25(14-4-1)35-38-36(26-15-5-2-6-16-26)40-37(39-35)30-21-11-23-32-34(30)33-29(20-10-22-31(33)41-32)28-19-9-17-24-12-7-8-18-27(24)28/h1-23,35H,(H,38,39,40). The minimum absolute atomic E-state index is 0.273. The monoisotopic (exact) mass is 527 g/mol. The zero-order chi connectivity index (χ0) is 27.2. The van der Waals surface area contributed by atoms with E-state index in [0.29, 0.717) is 5.84 Å². The van der Waals surface area contributed by atoms with Gasteiger partial charge in [0.15, 0.2) is 5.84 Å². The molecule has 1 aliphatic heterocycles. The third-order valence-electron chi connectivity index (χ3n) is 7.75. The van der Waals surface area contributed by atoms with E-state index in [1.54, 1.807) is 0 Å². The minimum atomic E-state index is -0.273. The molecule has 1 unspecified atom stereocenters. The highest BCUT2D eigenvalue weighted by Crippen LogP contribution is 2.41. The normalized spacial score (nSPS) is 15.1. The van der Waals surface area contributed by atoms with Crippen LogP contribution in [0.3, 0.4) is 0 Å². The van der Waals surface area contributed by atoms with E-state index in [0.717, 1.165) is 50.0 Å². The van der Waals surface area contributed by atoms with Crippen LogP contribution in [0, 0.1) is 0 Å². The molecule has 4 nitrogen and oxygen atoms in total. The third-order valence-corrected chi connectivity index (χ3v) is 7.75. The summed E-state index contributed by atoms with van der Waals surface area (Å²) in [5.74, 6) is 1.47. The van der Waals surface area contributed by atoms with E-state index in [2.05, 4.69) is 90.2 Å². The van der Waals surface area contributed by atoms with Gasteiger partial charge in [-0.1, -0.05) is 127 Å². The van der Waals surface area contributed by atoms with Crippen molar-refractivity contribution in [1.82, 2.24) is 5.32 Å². The Labute approximate surface area is 237 Å². The number of benzene rings is 6. The van der Waals surface area contributed by atoms with Crippen molar-refractivity contribution in [3.63, 3.8) is 0 Å². The number of amidine groups is 2. The van der Waals surface area contributed by atoms with Crippen LogP contribution in [0.4, 0.5) is 0 Å². The van der Waals surface area contributed by atoms with Gasteiger partial charge >= 0.3 is 0 Å². The molecule has 6 aromatic carbocycles. The molecule has 0 saturated carbocycles. The van der Waals surface area contributed by atoms with Crippen LogP contribution in [0.2, 0.25) is 0 Å². The van der Waals surface area contributed by atoms with Gasteiger partial charge in [-0.25, -0.2) is 9.98 Å². The number of hydrogen-bond acceptors (Lipinski definition) is 4. The van der Waals surface area contributed by atoms with E-state index in [1.807, 2.05) is 54.6 Å². The highest BCUT2D eigenvalue weighted by atomic mass is 16.3. The van der Waals surface area contributed by atoms with E-state index in [9.17, 15) is 0 Å². The first-order chi connectivity index (χ1) is 20.3. The minimum Gasteiger partial charge on any atom is -0.456 e. The van der Waals surface area contributed by atoms with E-state index in [1.165, 1.54) is 16.3 Å². The molecule has 0 fully saturated rings. The lowest BCUT2D eigenvalue weighted by Gasteiger charge is -2.24. The zero-order valence-electron chi connectivity index (χ0n) is 22.2. The second-order valence-electron chi connectivity index (χ2n) is 10.2. The van der Waals surface area contributed by atoms with Crippen LogP contribution in [-0.4, -0.2) is 11.7 Å². The van der Waals surface area contributed by atoms with Crippen molar-refractivity contribution in [3.8, 4) is 11.1 Å². The van der Waals surface area contributed by atoms with Crippen molar-refractivity contribution in [2.75, 3.05) is 0 Å². The summed E-state index contributed by atoms with van der Waals surface area (Å²) in [6, 6.07) is 48.0. The molecule has 0 radical (unpaired) electrons. The fourth-order valence-corrected chi connectivity index (χ4v) is 5.86. The number of hydrogen-bond donors (Lipinski definition) is 1. The van der Waals surface area contributed by atoms with Crippen LogP contribution in [-0.2, 0) is 0 Å². The molecular formula is C37H25N3O. The molecule has 0 aliphatic carbocycles. The van der Waals surface area contributed by atoms with E-state index < -0.39 is 0 Å². The van der Waals surface area contributed by atoms with Gasteiger partial charge in [-0.2, -0.15) is 0 Å². The maximum absolute atomic E-state index is 6.47. The van der Waals surface area contributed by atoms with Gasteiger partial charge in [0.25, 0.3) is 0 Å². The molecule has 0 bridgehead atoms. The Morgan fingerprint density at radius 1 is 0.537 bits per heavy atom. The largest absolute Gasteiger partial charge is 0.456 e. The van der Waals surface area contributed by atoms with Crippen LogP contribution in [0.1, 0.15) is 22.9 Å². The number of fused-ring (bicyclic) bond motifs is 4. The second-order valence-corrected chi connectivity index (χ2v) is 10.2. The SMILES string of the molecule is c1ccc(C2=NC(c3ccccc3)NC(c3cccc4oc5cccc(-c6cccc7ccccc67)c5c34)=N2)cc1. The van der Waals surface area contributed by atoms with Crippen LogP contribution < -0.4 is 5.32 Å². The van der Waals surface area contributed by atoms with Gasteiger partial charge in [0.2, 0.25) is 0 Å². The molecule has 7 aromatic rings. The van der Waals surface area contributed by atoms with Crippen LogP contribution >= 0.6 is 0 Å². The number of nitrogens with zero attached hydrogens (tertiary/aromatic N) is 2. The van der Waals surface area contributed by atoms with Crippen molar-refractivity contribution in [2.45, 2.75) is 6.17 Å². The molecule has 4 heteroatoms. The molecule has 194 valence electrons. The maximum atomic E-state index is 6.47. The average molecular weight is 528 g/mol. The van der Waals surface area contributed by atoms with Crippen molar-refractivity contribution >= 4 is 44.4 Å². The van der Waals surface area contributed by atoms with Crippen LogP contribution in [0.15, 0.2) is 154 Å². The Morgan fingerprint density at radius 3 is 1.95 bits per heavy atom. The molecule has 0 spiro atoms. The van der Waals surface area contributed by atoms with Crippen molar-refractivity contribution in [3.05, 3.63) is 156 Å². The van der Waals surface area contributed by atoms with Gasteiger partial charge in [-0.05, 0) is 39.6 Å². The van der Waals surface area contributed by atoms with Crippen molar-refractivity contribution in [2.24, 2.45) is 9.98 Å². The van der Waals surface area contributed by atoms with Crippen LogP contribution in [0.5, 0.6) is 0 Å². The van der Waals surface area contributed by atoms with Crippen molar-refractivity contribution < 1.29 is 4.42 Å². The molecule has 2 heterocycles. The first-order valence-electron chi connectivity index (χ1n) is 13.8. The summed E-state index contributed by atoms with van der Waals surface area (Å²) >= 11 is 0. The Balaban J connectivity index is 1.38. The maximum Gasteiger partial charge on any atom is 0.159 e. The first kappa shape index (κ1) is 23.4. The molecule has 41 heavy (non-hydrogen) atoms. The van der Waals surface area contributed by atoms with Gasteiger partial charge in [-0.3, -0.25) is 0 Å². The summed E-state index contributed by atoms with van der Waals surface area (Å²) in [7, 11) is 0. The van der Waals surface area contributed by atoms with E-state index in [-0.39, 0.29) is 6.17 Å². The summed E-state index contributed by atoms with van der Waals surface area (Å²) in [6.45, 7) is 0. The number of nitrogens with one attached hydrogen (secondary N) is 1. The van der Waals surface area contributed by atoms with E-state index in [4.69, 9.17) is 14.4 Å². The summed E-state index contributed by atoms with van der Waals surface area (Å²) in [5, 5.41) is 8.19. The second kappa shape index (κ2) is 9.61. The number of furan rings is 1. The Kier molecular flexibility index (Phi) is 5.49. The quantitative estimate of drug-likeness (QED) is 0.248. The zero-order valence-corrected chi connectivity index (χ0v) is 22.2. The topological polar surface area (TPSA) is 49.9 Å². The van der Waals surface area contributed by atoms with Gasteiger partial charge < -0.3 is 9.73 Å². The smallest absolute Gasteiger partial charge is 0.159 e. The molecule has 0 amide bonds.